The average molecular weight is 819 g/mol. The standard InChI is InChI=1S/C57H63BN2S/c1-53(2,3)36-18-25-40(26-19-36)59(41-27-20-37(21-28-41)54(4,5)6)43-31-32-47-46(35-43)57(13,14)45-16-15-17-48-50(45)58(47)52-51(44-34-39(56(10,11)12)24-33-49(44)61-52)60(48)42-29-22-38(23-30-42)55(7,8)9/h15-35H,1-14H3. The summed E-state index contributed by atoms with van der Waals surface area (Å²) in [6, 6.07) is 49.6. The van der Waals surface area contributed by atoms with E-state index in [0.717, 1.165) is 0 Å². The van der Waals surface area contributed by atoms with Gasteiger partial charge in [0.05, 0.1) is 5.69 Å². The maximum Gasteiger partial charge on any atom is 0.260 e. The maximum absolute atomic E-state index is 2.60. The van der Waals surface area contributed by atoms with E-state index in [1.54, 1.807) is 0 Å². The van der Waals surface area contributed by atoms with E-state index in [1.165, 1.54) is 93.3 Å². The van der Waals surface area contributed by atoms with Gasteiger partial charge in [-0.15, -0.1) is 11.3 Å². The first-order chi connectivity index (χ1) is 28.5. The molecule has 0 fully saturated rings. The van der Waals surface area contributed by atoms with E-state index >= 15 is 0 Å². The number of hydrogen-bond donors (Lipinski definition) is 0. The summed E-state index contributed by atoms with van der Waals surface area (Å²) in [4.78, 5) is 5.06. The van der Waals surface area contributed by atoms with Gasteiger partial charge in [-0.3, -0.25) is 0 Å². The Morgan fingerprint density at radius 3 is 1.52 bits per heavy atom. The van der Waals surface area contributed by atoms with Crippen molar-refractivity contribution in [2.75, 3.05) is 9.80 Å². The van der Waals surface area contributed by atoms with Gasteiger partial charge in [-0.1, -0.05) is 163 Å². The van der Waals surface area contributed by atoms with Gasteiger partial charge < -0.3 is 9.80 Å². The van der Waals surface area contributed by atoms with Gasteiger partial charge in [0, 0.05) is 48.7 Å². The number of fused-ring (bicyclic) bond motifs is 6. The van der Waals surface area contributed by atoms with Crippen LogP contribution in [-0.2, 0) is 27.1 Å². The van der Waals surface area contributed by atoms with Gasteiger partial charge in [-0.2, -0.15) is 0 Å². The zero-order valence-electron chi connectivity index (χ0n) is 39.0. The van der Waals surface area contributed by atoms with E-state index < -0.39 is 0 Å². The Morgan fingerprint density at radius 2 is 1.00 bits per heavy atom. The summed E-state index contributed by atoms with van der Waals surface area (Å²) in [7, 11) is 0. The minimum atomic E-state index is -0.250. The molecule has 0 amide bonds. The number of thiophene rings is 1. The number of nitrogens with zero attached hydrogens (tertiary/aromatic N) is 2. The van der Waals surface area contributed by atoms with E-state index in [0.29, 0.717) is 0 Å². The van der Waals surface area contributed by atoms with Crippen molar-refractivity contribution in [2.45, 2.75) is 124 Å². The molecule has 61 heavy (non-hydrogen) atoms. The van der Waals surface area contributed by atoms with Crippen LogP contribution in [0, 0.1) is 0 Å². The van der Waals surface area contributed by atoms with Crippen LogP contribution >= 0.6 is 11.3 Å². The summed E-state index contributed by atoms with van der Waals surface area (Å²) in [6.45, 7) is 32.6. The normalized spacial score (nSPS) is 14.8. The summed E-state index contributed by atoms with van der Waals surface area (Å²) in [5.41, 5.74) is 18.4. The lowest BCUT2D eigenvalue weighted by molar-refractivity contribution is 0.590. The Bertz CT molecular complexity index is 2740. The van der Waals surface area contributed by atoms with Crippen LogP contribution in [0.3, 0.4) is 0 Å². The fraction of sp³-hybridized carbons (Fsp3) is 0.333. The first-order valence-corrected chi connectivity index (χ1v) is 23.1. The molecule has 0 unspecified atom stereocenters. The van der Waals surface area contributed by atoms with E-state index in [2.05, 4.69) is 234 Å². The van der Waals surface area contributed by atoms with Crippen molar-refractivity contribution in [3.8, 4) is 0 Å². The Kier molecular flexibility index (Phi) is 9.47. The fourth-order valence-electron chi connectivity index (χ4n) is 9.81. The summed E-state index contributed by atoms with van der Waals surface area (Å²) in [5.74, 6) is 0. The highest BCUT2D eigenvalue weighted by atomic mass is 32.1. The molecule has 0 spiro atoms. The van der Waals surface area contributed by atoms with E-state index in [1.807, 2.05) is 11.3 Å². The van der Waals surface area contributed by atoms with Gasteiger partial charge in [-0.05, 0) is 127 Å². The molecule has 3 heterocycles. The summed E-state index contributed by atoms with van der Waals surface area (Å²) in [6.07, 6.45) is 0. The molecule has 0 saturated heterocycles. The van der Waals surface area contributed by atoms with Crippen molar-refractivity contribution in [1.82, 2.24) is 0 Å². The lowest BCUT2D eigenvalue weighted by atomic mass is 9.32. The highest BCUT2D eigenvalue weighted by Crippen LogP contribution is 2.48. The average Bonchev–Trinajstić information content (AvgIpc) is 3.57. The highest BCUT2D eigenvalue weighted by Gasteiger charge is 2.47. The summed E-state index contributed by atoms with van der Waals surface area (Å²) < 4.78 is 2.77. The summed E-state index contributed by atoms with van der Waals surface area (Å²) in [5, 5.41) is 1.34. The summed E-state index contributed by atoms with van der Waals surface area (Å²) >= 11 is 1.99. The second kappa shape index (κ2) is 14.0. The first-order valence-electron chi connectivity index (χ1n) is 22.3. The first kappa shape index (κ1) is 41.3. The molecule has 6 aromatic carbocycles. The second-order valence-corrected chi connectivity index (χ2v) is 23.5. The molecular weight excluding hydrogens is 756 g/mol. The van der Waals surface area contributed by atoms with E-state index in [4.69, 9.17) is 0 Å². The van der Waals surface area contributed by atoms with Crippen molar-refractivity contribution >= 4 is 78.0 Å². The number of anilines is 6. The molecule has 2 aliphatic rings. The van der Waals surface area contributed by atoms with Gasteiger partial charge in [0.15, 0.2) is 0 Å². The van der Waals surface area contributed by atoms with Crippen LogP contribution in [0.25, 0.3) is 10.1 Å². The van der Waals surface area contributed by atoms with Gasteiger partial charge in [0.2, 0.25) is 0 Å². The monoisotopic (exact) mass is 818 g/mol. The zero-order chi connectivity index (χ0) is 43.6. The molecule has 0 atom stereocenters. The van der Waals surface area contributed by atoms with Gasteiger partial charge in [0.25, 0.3) is 6.71 Å². The smallest absolute Gasteiger partial charge is 0.260 e. The second-order valence-electron chi connectivity index (χ2n) is 22.4. The van der Waals surface area contributed by atoms with Crippen molar-refractivity contribution in [1.29, 1.82) is 0 Å². The lowest BCUT2D eigenvalue weighted by Crippen LogP contribution is -2.63. The molecule has 0 bridgehead atoms. The quantitative estimate of drug-likeness (QED) is 0.163. The Hall–Kier alpha value is -5.06. The molecule has 1 aromatic heterocycles. The third-order valence-corrected chi connectivity index (χ3v) is 14.8. The Morgan fingerprint density at radius 1 is 0.508 bits per heavy atom. The molecular formula is C57H63BN2S. The van der Waals surface area contributed by atoms with E-state index in [-0.39, 0.29) is 33.8 Å². The van der Waals surface area contributed by atoms with Crippen LogP contribution < -0.4 is 25.5 Å². The van der Waals surface area contributed by atoms with Crippen molar-refractivity contribution in [3.05, 3.63) is 161 Å². The molecule has 0 aliphatic carbocycles. The minimum absolute atomic E-state index is 0.0335. The van der Waals surface area contributed by atoms with Crippen LogP contribution in [0.1, 0.15) is 130 Å². The topological polar surface area (TPSA) is 6.48 Å². The molecule has 2 aliphatic heterocycles. The molecule has 7 aromatic rings. The molecule has 0 radical (unpaired) electrons. The van der Waals surface area contributed by atoms with Gasteiger partial charge in [-0.25, -0.2) is 0 Å². The maximum atomic E-state index is 2.60. The predicted octanol–water partition coefficient (Wildman–Crippen LogP) is 14.5. The number of benzene rings is 6. The minimum Gasteiger partial charge on any atom is -0.310 e. The van der Waals surface area contributed by atoms with E-state index in [9.17, 15) is 0 Å². The number of hydrogen-bond acceptors (Lipinski definition) is 3. The van der Waals surface area contributed by atoms with Crippen LogP contribution in [0.4, 0.5) is 34.1 Å². The number of rotatable bonds is 4. The Labute approximate surface area is 370 Å². The van der Waals surface area contributed by atoms with Crippen LogP contribution in [0.2, 0.25) is 0 Å². The molecule has 0 saturated carbocycles. The lowest BCUT2D eigenvalue weighted by Gasteiger charge is -2.44. The zero-order valence-corrected chi connectivity index (χ0v) is 39.8. The SMILES string of the molecule is CC(C)(C)c1ccc(N(c2ccc(C(C)(C)C)cc2)c2ccc3c(c2)C(C)(C)c2cccc4c2B3c2sc3ccc(C(C)(C)C)cc3c2N4c2ccc(C(C)(C)C)cc2)cc1. The predicted molar refractivity (Wildman–Crippen MR) is 269 cm³/mol. The van der Waals surface area contributed by atoms with Crippen LogP contribution in [-0.4, -0.2) is 6.71 Å². The van der Waals surface area contributed by atoms with Gasteiger partial charge >= 0.3 is 0 Å². The van der Waals surface area contributed by atoms with Crippen molar-refractivity contribution in [2.24, 2.45) is 0 Å². The molecule has 9 rings (SSSR count). The van der Waals surface area contributed by atoms with Crippen molar-refractivity contribution in [3.63, 3.8) is 0 Å². The Balaban J connectivity index is 1.27. The fourth-order valence-corrected chi connectivity index (χ4v) is 11.1. The third-order valence-electron chi connectivity index (χ3n) is 13.6. The molecule has 2 nitrogen and oxygen atoms in total. The molecule has 310 valence electrons. The van der Waals surface area contributed by atoms with Gasteiger partial charge in [0.1, 0.15) is 0 Å². The van der Waals surface area contributed by atoms with Crippen molar-refractivity contribution < 1.29 is 0 Å². The molecule has 4 heteroatoms. The largest absolute Gasteiger partial charge is 0.310 e. The van der Waals surface area contributed by atoms with Crippen LogP contribution in [0.15, 0.2) is 127 Å². The molecule has 0 N–H and O–H groups in total. The third kappa shape index (κ3) is 6.94. The highest BCUT2D eigenvalue weighted by molar-refractivity contribution is 7.33. The van der Waals surface area contributed by atoms with Crippen LogP contribution in [0.5, 0.6) is 0 Å².